The summed E-state index contributed by atoms with van der Waals surface area (Å²) in [4.78, 5) is 17.4. The summed E-state index contributed by atoms with van der Waals surface area (Å²) in [5.41, 5.74) is 0. The van der Waals surface area contributed by atoms with E-state index in [1.807, 2.05) is 0 Å². The van der Waals surface area contributed by atoms with Crippen molar-refractivity contribution in [2.45, 2.75) is 0 Å². The molecule has 0 aliphatic rings. The van der Waals surface area contributed by atoms with E-state index in [1.54, 1.807) is 0 Å². The average molecular weight is 88.0 g/mol. The average Bonchev–Trinajstić information content (AvgIpc) is 1.35. The maximum Gasteiger partial charge on any atom is 0.275 e. The molecule has 0 aromatic heterocycles. The minimum atomic E-state index is -0.743. The van der Waals surface area contributed by atoms with Crippen molar-refractivity contribution in [3.63, 3.8) is 0 Å². The smallest absolute Gasteiger partial charge is 0.275 e. The molecule has 0 aromatic rings. The highest BCUT2D eigenvalue weighted by molar-refractivity contribution is 5.51. The Hall–Kier alpha value is -0.930. The van der Waals surface area contributed by atoms with E-state index in [9.17, 15) is 0 Å². The fraction of sp³-hybridized carbons (Fsp3) is 0.500. The van der Waals surface area contributed by atoms with Gasteiger partial charge in [0.25, 0.3) is 12.8 Å². The van der Waals surface area contributed by atoms with E-state index in [0.29, 0.717) is 0 Å². The first-order chi connectivity index (χ1) is 2.77. The van der Waals surface area contributed by atoms with E-state index in [1.165, 1.54) is 0 Å². The molecule has 6 heavy (non-hydrogen) atoms. The van der Waals surface area contributed by atoms with Crippen LogP contribution in [0.5, 0.6) is 0 Å². The standard InChI is InChI=1S/C2H2NO3/c4-2-1-3(5)6/h1H2. The molecule has 0 heterocycles. The van der Waals surface area contributed by atoms with Gasteiger partial charge in [0.2, 0.25) is 0 Å². The Morgan fingerprint density at radius 2 is 2.33 bits per heavy atom. The lowest BCUT2D eigenvalue weighted by atomic mass is 10.8. The lowest BCUT2D eigenvalue weighted by molar-refractivity contribution is -0.462. The second-order valence-corrected chi connectivity index (χ2v) is 0.635. The van der Waals surface area contributed by atoms with Crippen molar-refractivity contribution in [3.8, 4) is 0 Å². The Bertz CT molecular complexity index is 69.2. The quantitative estimate of drug-likeness (QED) is 0.333. The third-order valence-corrected chi connectivity index (χ3v) is 0.194. The van der Waals surface area contributed by atoms with Crippen molar-refractivity contribution >= 4 is 6.29 Å². The summed E-state index contributed by atoms with van der Waals surface area (Å²) in [6.07, 6.45) is 1.12. The Kier molecular flexibility index (Phi) is 1.96. The molecule has 0 unspecified atom stereocenters. The molecule has 0 aliphatic heterocycles. The maximum atomic E-state index is 9.14. The monoisotopic (exact) mass is 88.0 g/mol. The maximum absolute atomic E-state index is 9.14. The van der Waals surface area contributed by atoms with Crippen LogP contribution in [-0.2, 0) is 4.79 Å². The molecule has 1 radical (unpaired) electrons. The largest absolute Gasteiger partial charge is 0.283 e. The topological polar surface area (TPSA) is 60.2 Å². The number of nitrogens with zero attached hydrogens (tertiary/aromatic N) is 1. The number of hydrogen-bond donors (Lipinski definition) is 0. The Morgan fingerprint density at radius 3 is 2.33 bits per heavy atom. The fourth-order valence-electron chi connectivity index (χ4n) is 0.0527. The number of carbonyl (C=O) groups excluding carboxylic acids is 1. The van der Waals surface area contributed by atoms with Crippen molar-refractivity contribution in [2.24, 2.45) is 0 Å². The van der Waals surface area contributed by atoms with Gasteiger partial charge in [-0.3, -0.25) is 14.9 Å². The molecule has 0 bridgehead atoms. The van der Waals surface area contributed by atoms with E-state index in [-0.39, 0.29) is 0 Å². The first-order valence-electron chi connectivity index (χ1n) is 1.24. The van der Waals surface area contributed by atoms with Gasteiger partial charge < -0.3 is 0 Å². The molecule has 0 spiro atoms. The van der Waals surface area contributed by atoms with Crippen LogP contribution in [0.15, 0.2) is 0 Å². The van der Waals surface area contributed by atoms with E-state index >= 15 is 0 Å². The van der Waals surface area contributed by atoms with Gasteiger partial charge in [0.15, 0.2) is 0 Å². The lowest BCUT2D eigenvalue weighted by Crippen LogP contribution is -1.99. The van der Waals surface area contributed by atoms with Gasteiger partial charge in [-0.2, -0.15) is 0 Å². The summed E-state index contributed by atoms with van der Waals surface area (Å²) in [6, 6.07) is 0. The second kappa shape index (κ2) is 2.32. The van der Waals surface area contributed by atoms with Crippen LogP contribution in [-0.4, -0.2) is 17.8 Å². The van der Waals surface area contributed by atoms with Gasteiger partial charge in [0, 0.05) is 4.92 Å². The van der Waals surface area contributed by atoms with E-state index in [2.05, 4.69) is 0 Å². The molecule has 0 saturated carbocycles. The second-order valence-electron chi connectivity index (χ2n) is 0.635. The molecule has 0 rings (SSSR count). The third-order valence-electron chi connectivity index (χ3n) is 0.194. The predicted octanol–water partition coefficient (Wildman–Crippen LogP) is -0.627. The van der Waals surface area contributed by atoms with Crippen LogP contribution in [0.1, 0.15) is 0 Å². The van der Waals surface area contributed by atoms with Gasteiger partial charge in [-0.15, -0.1) is 0 Å². The highest BCUT2D eigenvalue weighted by Gasteiger charge is 1.88. The van der Waals surface area contributed by atoms with Crippen molar-refractivity contribution in [1.82, 2.24) is 0 Å². The third kappa shape index (κ3) is 3.07. The van der Waals surface area contributed by atoms with Crippen LogP contribution in [0.3, 0.4) is 0 Å². The minimum Gasteiger partial charge on any atom is -0.283 e. The Balaban J connectivity index is 3.05. The van der Waals surface area contributed by atoms with Crippen LogP contribution in [0.25, 0.3) is 0 Å². The zero-order valence-corrected chi connectivity index (χ0v) is 2.88. The summed E-state index contributed by atoms with van der Waals surface area (Å²) < 4.78 is 0. The highest BCUT2D eigenvalue weighted by atomic mass is 16.6. The Morgan fingerprint density at radius 1 is 1.83 bits per heavy atom. The van der Waals surface area contributed by atoms with Crippen LogP contribution in [0, 0.1) is 10.1 Å². The van der Waals surface area contributed by atoms with Crippen LogP contribution in [0.2, 0.25) is 0 Å². The molecule has 4 nitrogen and oxygen atoms in total. The van der Waals surface area contributed by atoms with Gasteiger partial charge in [0.1, 0.15) is 0 Å². The molecule has 0 aromatic carbocycles. The molecule has 0 atom stereocenters. The zero-order chi connectivity index (χ0) is 4.99. The van der Waals surface area contributed by atoms with Crippen molar-refractivity contribution < 1.29 is 9.72 Å². The highest BCUT2D eigenvalue weighted by Crippen LogP contribution is 1.56. The normalized spacial score (nSPS) is 7.33. The van der Waals surface area contributed by atoms with E-state index in [0.717, 1.165) is 6.29 Å². The summed E-state index contributed by atoms with van der Waals surface area (Å²) in [5, 5.41) is 9.14. The van der Waals surface area contributed by atoms with Crippen LogP contribution >= 0.6 is 0 Å². The summed E-state index contributed by atoms with van der Waals surface area (Å²) in [7, 11) is 0. The molecule has 33 valence electrons. The first kappa shape index (κ1) is 5.07. The SMILES string of the molecule is O=[C]C[N+](=O)[O-]. The van der Waals surface area contributed by atoms with Gasteiger partial charge >= 0.3 is 0 Å². The molecular weight excluding hydrogens is 86.0 g/mol. The molecule has 0 fully saturated rings. The van der Waals surface area contributed by atoms with Gasteiger partial charge in [0.05, 0.1) is 0 Å². The minimum absolute atomic E-state index is 0.708. The zero-order valence-electron chi connectivity index (χ0n) is 2.88. The van der Waals surface area contributed by atoms with Gasteiger partial charge in [-0.1, -0.05) is 0 Å². The lowest BCUT2D eigenvalue weighted by Gasteiger charge is -1.72. The number of hydrogen-bond acceptors (Lipinski definition) is 3. The van der Waals surface area contributed by atoms with Crippen molar-refractivity contribution in [3.05, 3.63) is 10.1 Å². The number of rotatable bonds is 2. The van der Waals surface area contributed by atoms with E-state index < -0.39 is 11.5 Å². The molecule has 0 amide bonds. The van der Waals surface area contributed by atoms with Crippen molar-refractivity contribution in [1.29, 1.82) is 0 Å². The fourth-order valence-corrected chi connectivity index (χ4v) is 0.0527. The molecule has 0 N–H and O–H groups in total. The molecule has 4 heteroatoms. The summed E-state index contributed by atoms with van der Waals surface area (Å²) in [5.74, 6) is 0. The predicted molar refractivity (Wildman–Crippen MR) is 17.6 cm³/mol. The van der Waals surface area contributed by atoms with Gasteiger partial charge in [-0.25, -0.2) is 0 Å². The molecule has 0 saturated heterocycles. The van der Waals surface area contributed by atoms with Crippen LogP contribution in [0.4, 0.5) is 0 Å². The van der Waals surface area contributed by atoms with Crippen molar-refractivity contribution in [2.75, 3.05) is 6.54 Å². The molecular formula is C2H2NO3. The Labute approximate surface area is 33.9 Å². The van der Waals surface area contributed by atoms with E-state index in [4.69, 9.17) is 14.9 Å². The molecule has 0 aliphatic carbocycles. The number of nitro groups is 1. The van der Waals surface area contributed by atoms with Crippen LogP contribution < -0.4 is 0 Å². The summed E-state index contributed by atoms with van der Waals surface area (Å²) in [6.45, 7) is -0.708. The van der Waals surface area contributed by atoms with Gasteiger partial charge in [-0.05, 0) is 0 Å². The first-order valence-corrected chi connectivity index (χ1v) is 1.24. The summed E-state index contributed by atoms with van der Waals surface area (Å²) >= 11 is 0.